The van der Waals surface area contributed by atoms with Crippen LogP contribution in [0.3, 0.4) is 0 Å². The highest BCUT2D eigenvalue weighted by atomic mass is 16.5. The number of amides is 2. The lowest BCUT2D eigenvalue weighted by Crippen LogP contribution is -2.33. The molecule has 1 aromatic heterocycles. The van der Waals surface area contributed by atoms with Crippen LogP contribution >= 0.6 is 0 Å². The Bertz CT molecular complexity index is 710. The predicted molar refractivity (Wildman–Crippen MR) is 91.9 cm³/mol. The van der Waals surface area contributed by atoms with Crippen LogP contribution in [0, 0.1) is 27.7 Å². The van der Waals surface area contributed by atoms with Crippen molar-refractivity contribution in [3.63, 3.8) is 0 Å². The number of nitrogens with zero attached hydrogens (tertiary/aromatic N) is 1. The molecule has 0 saturated carbocycles. The molecule has 0 fully saturated rings. The van der Waals surface area contributed by atoms with Crippen LogP contribution in [0.25, 0.3) is 0 Å². The van der Waals surface area contributed by atoms with E-state index < -0.39 is 0 Å². The van der Waals surface area contributed by atoms with Crippen LogP contribution in [0.1, 0.15) is 34.6 Å². The summed E-state index contributed by atoms with van der Waals surface area (Å²) in [4.78, 5) is 23.9. The van der Waals surface area contributed by atoms with Crippen LogP contribution in [-0.2, 0) is 16.0 Å². The molecule has 2 N–H and O–H groups in total. The van der Waals surface area contributed by atoms with Crippen LogP contribution < -0.4 is 10.6 Å². The number of aryl methyl sites for hydroxylation is 4. The van der Waals surface area contributed by atoms with E-state index in [1.807, 2.05) is 45.9 Å². The van der Waals surface area contributed by atoms with Gasteiger partial charge in [0, 0.05) is 17.7 Å². The van der Waals surface area contributed by atoms with Gasteiger partial charge in [0.2, 0.25) is 11.8 Å². The summed E-state index contributed by atoms with van der Waals surface area (Å²) in [6, 6.07) is 5.81. The van der Waals surface area contributed by atoms with Gasteiger partial charge in [-0.3, -0.25) is 9.59 Å². The normalized spacial score (nSPS) is 10.5. The fourth-order valence-corrected chi connectivity index (χ4v) is 2.56. The van der Waals surface area contributed by atoms with Crippen molar-refractivity contribution < 1.29 is 14.1 Å². The maximum Gasteiger partial charge on any atom is 0.243 e. The Hall–Kier alpha value is -2.63. The van der Waals surface area contributed by atoms with E-state index in [1.54, 1.807) is 0 Å². The van der Waals surface area contributed by atoms with Crippen molar-refractivity contribution >= 4 is 17.5 Å². The van der Waals surface area contributed by atoms with Crippen molar-refractivity contribution in [2.24, 2.45) is 0 Å². The van der Waals surface area contributed by atoms with Crippen molar-refractivity contribution in [2.45, 2.75) is 40.5 Å². The third kappa shape index (κ3) is 4.44. The second kappa shape index (κ2) is 7.77. The first-order valence-electron chi connectivity index (χ1n) is 7.93. The quantitative estimate of drug-likeness (QED) is 0.853. The molecule has 0 unspecified atom stereocenters. The van der Waals surface area contributed by atoms with E-state index in [-0.39, 0.29) is 18.4 Å². The predicted octanol–water partition coefficient (Wildman–Crippen LogP) is 2.60. The highest BCUT2D eigenvalue weighted by molar-refractivity contribution is 5.95. The second-order valence-corrected chi connectivity index (χ2v) is 5.89. The first kappa shape index (κ1) is 17.7. The summed E-state index contributed by atoms with van der Waals surface area (Å²) in [6.45, 7) is 7.50. The lowest BCUT2D eigenvalue weighted by Gasteiger charge is -2.12. The number of anilines is 1. The molecular weight excluding hydrogens is 306 g/mol. The molecule has 0 aliphatic carbocycles. The zero-order valence-corrected chi connectivity index (χ0v) is 14.5. The Morgan fingerprint density at radius 3 is 2.33 bits per heavy atom. The fraction of sp³-hybridized carbons (Fsp3) is 0.389. The van der Waals surface area contributed by atoms with Crippen molar-refractivity contribution in [1.82, 2.24) is 10.5 Å². The van der Waals surface area contributed by atoms with E-state index in [4.69, 9.17) is 4.52 Å². The highest BCUT2D eigenvalue weighted by Gasteiger charge is 2.12. The number of nitrogens with one attached hydrogen (secondary N) is 2. The Morgan fingerprint density at radius 1 is 1.08 bits per heavy atom. The largest absolute Gasteiger partial charge is 0.361 e. The van der Waals surface area contributed by atoms with Gasteiger partial charge in [0.15, 0.2) is 0 Å². The minimum absolute atomic E-state index is 0.0474. The number of benzene rings is 1. The van der Waals surface area contributed by atoms with Gasteiger partial charge in [0.05, 0.1) is 12.2 Å². The van der Waals surface area contributed by atoms with Gasteiger partial charge >= 0.3 is 0 Å². The van der Waals surface area contributed by atoms with Gasteiger partial charge < -0.3 is 15.2 Å². The monoisotopic (exact) mass is 329 g/mol. The lowest BCUT2D eigenvalue weighted by molar-refractivity contribution is -0.124. The molecule has 2 amide bonds. The van der Waals surface area contributed by atoms with E-state index in [1.165, 1.54) is 0 Å². The smallest absolute Gasteiger partial charge is 0.243 e. The SMILES string of the molecule is Cc1cccc(C)c1NC(=O)CNC(=O)CCc1c(C)noc1C. The van der Waals surface area contributed by atoms with Gasteiger partial charge in [0.25, 0.3) is 0 Å². The summed E-state index contributed by atoms with van der Waals surface area (Å²) < 4.78 is 5.07. The van der Waals surface area contributed by atoms with Crippen molar-refractivity contribution in [3.05, 3.63) is 46.3 Å². The van der Waals surface area contributed by atoms with Gasteiger partial charge in [0.1, 0.15) is 5.76 Å². The number of aromatic nitrogens is 1. The Balaban J connectivity index is 1.80. The van der Waals surface area contributed by atoms with Crippen molar-refractivity contribution in [3.8, 4) is 0 Å². The van der Waals surface area contributed by atoms with Crippen LogP contribution in [0.2, 0.25) is 0 Å². The topological polar surface area (TPSA) is 84.2 Å². The maximum absolute atomic E-state index is 12.0. The van der Waals surface area contributed by atoms with Gasteiger partial charge in [-0.2, -0.15) is 0 Å². The summed E-state index contributed by atoms with van der Waals surface area (Å²) >= 11 is 0. The number of hydrogen-bond acceptors (Lipinski definition) is 4. The molecule has 0 saturated heterocycles. The van der Waals surface area contributed by atoms with E-state index in [2.05, 4.69) is 15.8 Å². The Morgan fingerprint density at radius 2 is 1.75 bits per heavy atom. The molecule has 0 spiro atoms. The van der Waals surface area contributed by atoms with E-state index in [0.29, 0.717) is 12.8 Å². The van der Waals surface area contributed by atoms with Crippen LogP contribution in [0.4, 0.5) is 5.69 Å². The molecule has 0 atom stereocenters. The molecule has 128 valence electrons. The van der Waals surface area contributed by atoms with Gasteiger partial charge in [-0.15, -0.1) is 0 Å². The average molecular weight is 329 g/mol. The molecule has 0 radical (unpaired) electrons. The Labute approximate surface area is 141 Å². The minimum Gasteiger partial charge on any atom is -0.361 e. The standard InChI is InChI=1S/C18H23N3O3/c1-11-6-5-7-12(2)18(11)20-17(23)10-19-16(22)9-8-15-13(3)21-24-14(15)4/h5-7H,8-10H2,1-4H3,(H,19,22)(H,20,23). The first-order valence-corrected chi connectivity index (χ1v) is 7.93. The Kier molecular flexibility index (Phi) is 5.73. The first-order chi connectivity index (χ1) is 11.4. The van der Waals surface area contributed by atoms with Crippen molar-refractivity contribution in [2.75, 3.05) is 11.9 Å². The number of para-hydroxylation sites is 1. The number of hydrogen-bond donors (Lipinski definition) is 2. The number of carbonyl (C=O) groups is 2. The zero-order chi connectivity index (χ0) is 17.7. The molecule has 1 aromatic carbocycles. The molecule has 0 aliphatic rings. The van der Waals surface area contributed by atoms with E-state index in [0.717, 1.165) is 33.8 Å². The summed E-state index contributed by atoms with van der Waals surface area (Å²) in [7, 11) is 0. The van der Waals surface area contributed by atoms with Gasteiger partial charge in [-0.1, -0.05) is 23.4 Å². The van der Waals surface area contributed by atoms with E-state index >= 15 is 0 Å². The molecule has 6 nitrogen and oxygen atoms in total. The number of rotatable bonds is 6. The lowest BCUT2D eigenvalue weighted by atomic mass is 10.1. The van der Waals surface area contributed by atoms with Gasteiger partial charge in [-0.05, 0) is 45.2 Å². The molecule has 24 heavy (non-hydrogen) atoms. The van der Waals surface area contributed by atoms with E-state index in [9.17, 15) is 9.59 Å². The van der Waals surface area contributed by atoms with Crippen molar-refractivity contribution in [1.29, 1.82) is 0 Å². The van der Waals surface area contributed by atoms with Gasteiger partial charge in [-0.25, -0.2) is 0 Å². The summed E-state index contributed by atoms with van der Waals surface area (Å²) in [5.74, 6) is 0.317. The minimum atomic E-state index is -0.238. The molecule has 2 aromatic rings. The molecular formula is C18H23N3O3. The van der Waals surface area contributed by atoms with Crippen LogP contribution in [0.15, 0.2) is 22.7 Å². The molecule has 6 heteroatoms. The molecule has 0 aliphatic heterocycles. The summed E-state index contributed by atoms with van der Waals surface area (Å²) in [5.41, 5.74) is 4.53. The average Bonchev–Trinajstić information content (AvgIpc) is 2.85. The molecule has 2 rings (SSSR count). The number of carbonyl (C=O) groups excluding carboxylic acids is 2. The molecule has 1 heterocycles. The summed E-state index contributed by atoms with van der Waals surface area (Å²) in [5, 5.41) is 9.34. The molecule has 0 bridgehead atoms. The van der Waals surface area contributed by atoms with Crippen LogP contribution in [0.5, 0.6) is 0 Å². The fourth-order valence-electron chi connectivity index (χ4n) is 2.56. The summed E-state index contributed by atoms with van der Waals surface area (Å²) in [6.07, 6.45) is 0.838. The third-order valence-corrected chi connectivity index (χ3v) is 3.97. The second-order valence-electron chi connectivity index (χ2n) is 5.89. The third-order valence-electron chi connectivity index (χ3n) is 3.97. The maximum atomic E-state index is 12.0. The zero-order valence-electron chi connectivity index (χ0n) is 14.5. The van der Waals surface area contributed by atoms with Crippen LogP contribution in [-0.4, -0.2) is 23.5 Å². The highest BCUT2D eigenvalue weighted by Crippen LogP contribution is 2.19.